The largest absolute Gasteiger partial charge is 0.342 e. The van der Waals surface area contributed by atoms with Crippen LogP contribution >= 0.6 is 0 Å². The van der Waals surface area contributed by atoms with E-state index in [2.05, 4.69) is 11.2 Å². The fraction of sp³-hybridized carbons (Fsp3) is 0.400. The van der Waals surface area contributed by atoms with Gasteiger partial charge in [0.1, 0.15) is 5.82 Å². The molecule has 1 fully saturated rings. The number of pyridine rings is 1. The van der Waals surface area contributed by atoms with Gasteiger partial charge >= 0.3 is 0 Å². The first-order chi connectivity index (χ1) is 15.0. The van der Waals surface area contributed by atoms with Gasteiger partial charge in [-0.25, -0.2) is 4.39 Å². The van der Waals surface area contributed by atoms with Gasteiger partial charge in [-0.1, -0.05) is 18.2 Å². The molecule has 0 bridgehead atoms. The van der Waals surface area contributed by atoms with Crippen LogP contribution in [0.4, 0.5) is 4.39 Å². The van der Waals surface area contributed by atoms with Crippen molar-refractivity contribution >= 4 is 5.91 Å². The number of halogens is 1. The predicted octanol–water partition coefficient (Wildman–Crippen LogP) is 4.42. The van der Waals surface area contributed by atoms with Gasteiger partial charge in [-0.15, -0.1) is 0 Å². The molecule has 4 rings (SSSR count). The lowest BCUT2D eigenvalue weighted by atomic mass is 9.92. The average Bonchev–Trinajstić information content (AvgIpc) is 3.18. The summed E-state index contributed by atoms with van der Waals surface area (Å²) >= 11 is 0. The third kappa shape index (κ3) is 5.37. The number of aryl methyl sites for hydroxylation is 3. The van der Waals surface area contributed by atoms with Crippen molar-refractivity contribution in [3.63, 3.8) is 0 Å². The first-order valence-corrected chi connectivity index (χ1v) is 11.0. The molecule has 0 N–H and O–H groups in total. The molecule has 162 valence electrons. The molecule has 3 aromatic rings. The summed E-state index contributed by atoms with van der Waals surface area (Å²) in [7, 11) is 0. The Hall–Kier alpha value is -3.02. The van der Waals surface area contributed by atoms with Crippen LogP contribution in [0.2, 0.25) is 0 Å². The van der Waals surface area contributed by atoms with E-state index in [0.29, 0.717) is 31.5 Å². The van der Waals surface area contributed by atoms with Gasteiger partial charge < -0.3 is 4.90 Å². The van der Waals surface area contributed by atoms with Gasteiger partial charge in [0.25, 0.3) is 0 Å². The summed E-state index contributed by atoms with van der Waals surface area (Å²) in [6.45, 7) is 6.01. The number of carbonyl (C=O) groups excluding carboxylic acids is 1. The summed E-state index contributed by atoms with van der Waals surface area (Å²) in [4.78, 5) is 19.5. The van der Waals surface area contributed by atoms with Crippen molar-refractivity contribution in [2.75, 3.05) is 13.1 Å². The molecule has 0 aliphatic carbocycles. The highest BCUT2D eigenvalue weighted by Crippen LogP contribution is 2.28. The Balaban J connectivity index is 1.43. The number of benzene rings is 1. The van der Waals surface area contributed by atoms with E-state index in [1.54, 1.807) is 6.07 Å². The van der Waals surface area contributed by atoms with Crippen molar-refractivity contribution in [1.29, 1.82) is 0 Å². The Bertz CT molecular complexity index is 1060. The SMILES string of the molecule is Cc1cc(Cc2ccccc2F)cc(C2CCCN(C(=O)CCn3ccc(C)n3)C2)n1. The highest BCUT2D eigenvalue weighted by atomic mass is 19.1. The van der Waals surface area contributed by atoms with Gasteiger partial charge in [-0.05, 0) is 62.1 Å². The smallest absolute Gasteiger partial charge is 0.224 e. The number of likely N-dealkylation sites (tertiary alicyclic amines) is 1. The van der Waals surface area contributed by atoms with E-state index in [9.17, 15) is 9.18 Å². The van der Waals surface area contributed by atoms with E-state index < -0.39 is 0 Å². The van der Waals surface area contributed by atoms with Crippen molar-refractivity contribution in [2.24, 2.45) is 0 Å². The summed E-state index contributed by atoms with van der Waals surface area (Å²) < 4.78 is 15.9. The molecule has 5 nitrogen and oxygen atoms in total. The maximum atomic E-state index is 14.1. The Morgan fingerprint density at radius 1 is 1.16 bits per heavy atom. The molecule has 1 atom stereocenters. The number of hydrogen-bond donors (Lipinski definition) is 0. The Kier molecular flexibility index (Phi) is 6.44. The molecule has 1 aliphatic rings. The maximum Gasteiger partial charge on any atom is 0.224 e. The molecule has 0 saturated carbocycles. The van der Waals surface area contributed by atoms with Gasteiger partial charge in [-0.3, -0.25) is 14.5 Å². The first kappa shape index (κ1) is 21.2. The van der Waals surface area contributed by atoms with Crippen molar-refractivity contribution in [1.82, 2.24) is 19.7 Å². The Morgan fingerprint density at radius 2 is 2.00 bits per heavy atom. The third-order valence-electron chi connectivity index (χ3n) is 5.91. The molecule has 2 aromatic heterocycles. The Labute approximate surface area is 182 Å². The number of nitrogens with zero attached hydrogens (tertiary/aromatic N) is 4. The lowest BCUT2D eigenvalue weighted by Crippen LogP contribution is -2.39. The van der Waals surface area contributed by atoms with Crippen molar-refractivity contribution in [3.05, 3.63) is 82.7 Å². The van der Waals surface area contributed by atoms with Crippen LogP contribution in [-0.2, 0) is 17.8 Å². The van der Waals surface area contributed by atoms with Crippen molar-refractivity contribution < 1.29 is 9.18 Å². The molecule has 1 saturated heterocycles. The maximum absolute atomic E-state index is 14.1. The summed E-state index contributed by atoms with van der Waals surface area (Å²) in [6.07, 6.45) is 4.89. The number of piperidine rings is 1. The van der Waals surface area contributed by atoms with Gasteiger partial charge in [0.05, 0.1) is 5.69 Å². The molecule has 3 heterocycles. The zero-order chi connectivity index (χ0) is 21.8. The highest BCUT2D eigenvalue weighted by molar-refractivity contribution is 5.76. The standard InChI is InChI=1S/C25H29FN4O/c1-18-9-12-30(28-18)13-10-25(31)29-11-5-7-22(17-29)24-16-20(14-19(2)27-24)15-21-6-3-4-8-23(21)26/h3-4,6,8-9,12,14,16,22H,5,7,10-11,13,15,17H2,1-2H3. The third-order valence-corrected chi connectivity index (χ3v) is 5.91. The number of rotatable bonds is 6. The quantitative estimate of drug-likeness (QED) is 0.593. The van der Waals surface area contributed by atoms with Crippen LogP contribution in [-0.4, -0.2) is 38.7 Å². The van der Waals surface area contributed by atoms with E-state index in [1.807, 2.05) is 53.9 Å². The van der Waals surface area contributed by atoms with Crippen LogP contribution in [0.3, 0.4) is 0 Å². The normalized spacial score (nSPS) is 16.5. The molecular weight excluding hydrogens is 391 g/mol. The molecule has 31 heavy (non-hydrogen) atoms. The second kappa shape index (κ2) is 9.41. The highest BCUT2D eigenvalue weighted by Gasteiger charge is 2.26. The fourth-order valence-corrected chi connectivity index (χ4v) is 4.34. The fourth-order valence-electron chi connectivity index (χ4n) is 4.34. The topological polar surface area (TPSA) is 51.0 Å². The molecule has 1 amide bonds. The van der Waals surface area contributed by atoms with E-state index in [4.69, 9.17) is 4.98 Å². The van der Waals surface area contributed by atoms with Gasteiger partial charge in [0.15, 0.2) is 0 Å². The number of hydrogen-bond acceptors (Lipinski definition) is 3. The first-order valence-electron chi connectivity index (χ1n) is 11.0. The Morgan fingerprint density at radius 3 is 2.77 bits per heavy atom. The van der Waals surface area contributed by atoms with Crippen molar-refractivity contribution in [3.8, 4) is 0 Å². The van der Waals surface area contributed by atoms with Crippen LogP contribution in [0.5, 0.6) is 0 Å². The minimum atomic E-state index is -0.180. The number of carbonyl (C=O) groups is 1. The molecule has 6 heteroatoms. The van der Waals surface area contributed by atoms with Crippen molar-refractivity contribution in [2.45, 2.75) is 52.0 Å². The summed E-state index contributed by atoms with van der Waals surface area (Å²) in [5.74, 6) is 0.196. The molecule has 1 aliphatic heterocycles. The van der Waals surface area contributed by atoms with Crippen LogP contribution in [0.1, 0.15) is 53.4 Å². The number of amides is 1. The second-order valence-electron chi connectivity index (χ2n) is 8.46. The van der Waals surface area contributed by atoms with Crippen LogP contribution in [0.25, 0.3) is 0 Å². The van der Waals surface area contributed by atoms with E-state index >= 15 is 0 Å². The number of aromatic nitrogens is 3. The summed E-state index contributed by atoms with van der Waals surface area (Å²) in [6, 6.07) is 13.0. The van der Waals surface area contributed by atoms with Gasteiger partial charge in [0, 0.05) is 56.0 Å². The minimum Gasteiger partial charge on any atom is -0.342 e. The zero-order valence-electron chi connectivity index (χ0n) is 18.2. The van der Waals surface area contributed by atoms with E-state index in [0.717, 1.165) is 42.0 Å². The average molecular weight is 421 g/mol. The molecular formula is C25H29FN4O. The van der Waals surface area contributed by atoms with E-state index in [-0.39, 0.29) is 17.6 Å². The lowest BCUT2D eigenvalue weighted by Gasteiger charge is -2.33. The molecule has 0 spiro atoms. The molecule has 0 radical (unpaired) electrons. The lowest BCUT2D eigenvalue weighted by molar-refractivity contribution is -0.132. The summed E-state index contributed by atoms with van der Waals surface area (Å²) in [5, 5.41) is 4.36. The molecule has 1 aromatic carbocycles. The van der Waals surface area contributed by atoms with Gasteiger partial charge in [0.2, 0.25) is 5.91 Å². The molecule has 1 unspecified atom stereocenters. The predicted molar refractivity (Wildman–Crippen MR) is 118 cm³/mol. The second-order valence-corrected chi connectivity index (χ2v) is 8.46. The van der Waals surface area contributed by atoms with Crippen LogP contribution in [0.15, 0.2) is 48.7 Å². The van der Waals surface area contributed by atoms with Gasteiger partial charge in [-0.2, -0.15) is 5.10 Å². The van der Waals surface area contributed by atoms with Crippen LogP contribution in [0, 0.1) is 19.7 Å². The monoisotopic (exact) mass is 420 g/mol. The van der Waals surface area contributed by atoms with E-state index in [1.165, 1.54) is 6.07 Å². The zero-order valence-corrected chi connectivity index (χ0v) is 18.2. The summed E-state index contributed by atoms with van der Waals surface area (Å²) in [5.41, 5.74) is 4.65. The minimum absolute atomic E-state index is 0.164. The van der Waals surface area contributed by atoms with Crippen LogP contribution < -0.4 is 0 Å².